The maximum absolute atomic E-state index is 12.5. The molecule has 2 atom stereocenters. The second-order valence-electron chi connectivity index (χ2n) is 6.70. The summed E-state index contributed by atoms with van der Waals surface area (Å²) in [5, 5.41) is 6.46. The van der Waals surface area contributed by atoms with E-state index in [-0.39, 0.29) is 42.7 Å². The van der Waals surface area contributed by atoms with E-state index in [1.807, 2.05) is 25.1 Å². The number of benzene rings is 1. The number of aromatic nitrogens is 2. The fraction of sp³-hybridized carbons (Fsp3) is 0.556. The molecule has 1 aromatic heterocycles. The summed E-state index contributed by atoms with van der Waals surface area (Å²) >= 11 is 0. The number of rotatable bonds is 4. The summed E-state index contributed by atoms with van der Waals surface area (Å²) in [7, 11) is 0. The molecule has 1 aliphatic heterocycles. The highest BCUT2D eigenvalue weighted by atomic mass is 35.5. The number of carbonyl (C=O) groups excluding carboxylic acids is 1. The highest BCUT2D eigenvalue weighted by Crippen LogP contribution is 2.25. The summed E-state index contributed by atoms with van der Waals surface area (Å²) in [5.74, 6) is 1.13. The van der Waals surface area contributed by atoms with Gasteiger partial charge in [0.1, 0.15) is 5.82 Å². The molecule has 1 amide bonds. The van der Waals surface area contributed by atoms with Gasteiger partial charge in [0, 0.05) is 12.6 Å². The number of hydrogen-bond acceptors (Lipinski definition) is 3. The van der Waals surface area contributed by atoms with Crippen LogP contribution in [0.25, 0.3) is 11.0 Å². The van der Waals surface area contributed by atoms with Crippen molar-refractivity contribution in [3.05, 3.63) is 30.1 Å². The smallest absolute Gasteiger partial charge is 0.224 e. The van der Waals surface area contributed by atoms with Gasteiger partial charge in [0.05, 0.1) is 23.0 Å². The van der Waals surface area contributed by atoms with Gasteiger partial charge in [-0.2, -0.15) is 0 Å². The van der Waals surface area contributed by atoms with Gasteiger partial charge in [0.15, 0.2) is 0 Å². The predicted octanol–water partition coefficient (Wildman–Crippen LogP) is 3.64. The topological polar surface area (TPSA) is 59.0 Å². The Balaban J connectivity index is 0.00000156. The lowest BCUT2D eigenvalue weighted by Gasteiger charge is -2.24. The Morgan fingerprint density at radius 2 is 2.00 bits per heavy atom. The molecule has 2 unspecified atom stereocenters. The summed E-state index contributed by atoms with van der Waals surface area (Å²) in [5.41, 5.74) is 2.11. The molecule has 2 aromatic rings. The van der Waals surface area contributed by atoms with Crippen molar-refractivity contribution < 1.29 is 4.79 Å². The number of imidazole rings is 1. The van der Waals surface area contributed by atoms with Crippen molar-refractivity contribution in [3.63, 3.8) is 0 Å². The van der Waals surface area contributed by atoms with E-state index in [0.717, 1.165) is 42.8 Å². The lowest BCUT2D eigenvalue weighted by Crippen LogP contribution is -2.41. The molecule has 5 nitrogen and oxygen atoms in total. The Kier molecular flexibility index (Phi) is 8.19. The Morgan fingerprint density at radius 1 is 1.28 bits per heavy atom. The fourth-order valence-corrected chi connectivity index (χ4v) is 3.38. The lowest BCUT2D eigenvalue weighted by atomic mass is 9.98. The van der Waals surface area contributed by atoms with Crippen LogP contribution in [-0.4, -0.2) is 28.5 Å². The number of amides is 1. The standard InChI is InChI=1S/C18H26N4O.2ClH/c1-12(2)22-16-9-5-4-8-15(16)21-17(22)13(3)20-18(23)14-7-6-10-19-11-14;;/h4-5,8-9,12-14,19H,6-7,10-11H2,1-3H3,(H,20,23);2*1H. The van der Waals surface area contributed by atoms with Crippen LogP contribution >= 0.6 is 24.8 Å². The minimum atomic E-state index is -0.0979. The largest absolute Gasteiger partial charge is 0.346 e. The molecule has 0 aliphatic carbocycles. The molecule has 7 heteroatoms. The Labute approximate surface area is 161 Å². The van der Waals surface area contributed by atoms with Crippen molar-refractivity contribution in [2.75, 3.05) is 13.1 Å². The fourth-order valence-electron chi connectivity index (χ4n) is 3.38. The lowest BCUT2D eigenvalue weighted by molar-refractivity contribution is -0.126. The monoisotopic (exact) mass is 386 g/mol. The molecule has 1 fully saturated rings. The van der Waals surface area contributed by atoms with Crippen LogP contribution in [0.15, 0.2) is 24.3 Å². The first-order valence-electron chi connectivity index (χ1n) is 8.56. The third kappa shape index (κ3) is 4.66. The van der Waals surface area contributed by atoms with Crippen LogP contribution < -0.4 is 10.6 Å². The van der Waals surface area contributed by atoms with Crippen LogP contribution in [0.2, 0.25) is 0 Å². The van der Waals surface area contributed by atoms with Crippen LogP contribution in [0.4, 0.5) is 0 Å². The molecule has 1 aliphatic rings. The maximum atomic E-state index is 12.5. The first kappa shape index (κ1) is 21.7. The Bertz CT molecular complexity index is 695. The molecule has 2 heterocycles. The van der Waals surface area contributed by atoms with E-state index in [1.165, 1.54) is 0 Å². The maximum Gasteiger partial charge on any atom is 0.224 e. The number of fused-ring (bicyclic) bond motifs is 1. The number of carbonyl (C=O) groups is 1. The normalized spacial score (nSPS) is 18.3. The van der Waals surface area contributed by atoms with E-state index in [1.54, 1.807) is 0 Å². The number of hydrogen-bond donors (Lipinski definition) is 2. The first-order chi connectivity index (χ1) is 11.1. The zero-order valence-corrected chi connectivity index (χ0v) is 16.6. The zero-order chi connectivity index (χ0) is 16.4. The van der Waals surface area contributed by atoms with E-state index in [9.17, 15) is 4.79 Å². The average molecular weight is 387 g/mol. The number of piperidine rings is 1. The minimum absolute atomic E-state index is 0. The van der Waals surface area contributed by atoms with Gasteiger partial charge >= 0.3 is 0 Å². The molecular formula is C18H28Cl2N4O. The number of halogens is 2. The van der Waals surface area contributed by atoms with Crippen LogP contribution in [0.1, 0.15) is 51.5 Å². The van der Waals surface area contributed by atoms with E-state index in [4.69, 9.17) is 4.98 Å². The number of nitrogens with zero attached hydrogens (tertiary/aromatic N) is 2. The Hall–Kier alpha value is -1.30. The van der Waals surface area contributed by atoms with Gasteiger partial charge in [-0.25, -0.2) is 4.98 Å². The molecule has 2 N–H and O–H groups in total. The summed E-state index contributed by atoms with van der Waals surface area (Å²) in [6.07, 6.45) is 2.03. The molecule has 0 bridgehead atoms. The first-order valence-corrected chi connectivity index (χ1v) is 8.56. The van der Waals surface area contributed by atoms with Crippen molar-refractivity contribution >= 4 is 41.8 Å². The van der Waals surface area contributed by atoms with Gasteiger partial charge in [0.2, 0.25) is 5.91 Å². The van der Waals surface area contributed by atoms with Gasteiger partial charge in [-0.15, -0.1) is 24.8 Å². The SMILES string of the molecule is CC(NC(=O)C1CCCNC1)c1nc2ccccc2n1C(C)C.Cl.Cl. The Morgan fingerprint density at radius 3 is 2.64 bits per heavy atom. The van der Waals surface area contributed by atoms with Crippen LogP contribution in [0.5, 0.6) is 0 Å². The summed E-state index contributed by atoms with van der Waals surface area (Å²) in [6.45, 7) is 8.12. The minimum Gasteiger partial charge on any atom is -0.346 e. The van der Waals surface area contributed by atoms with Crippen molar-refractivity contribution in [1.29, 1.82) is 0 Å². The molecule has 0 saturated carbocycles. The van der Waals surface area contributed by atoms with Gasteiger partial charge in [-0.3, -0.25) is 4.79 Å². The van der Waals surface area contributed by atoms with Crippen molar-refractivity contribution in [2.45, 2.75) is 45.7 Å². The van der Waals surface area contributed by atoms with E-state index < -0.39 is 0 Å². The molecule has 3 rings (SSSR count). The number of para-hydroxylation sites is 2. The van der Waals surface area contributed by atoms with E-state index in [2.05, 4.69) is 35.1 Å². The zero-order valence-electron chi connectivity index (χ0n) is 15.0. The molecular weight excluding hydrogens is 359 g/mol. The summed E-state index contributed by atoms with van der Waals surface area (Å²) in [4.78, 5) is 17.3. The van der Waals surface area contributed by atoms with Crippen LogP contribution in [0, 0.1) is 5.92 Å². The third-order valence-corrected chi connectivity index (χ3v) is 4.55. The molecule has 140 valence electrons. The molecule has 25 heavy (non-hydrogen) atoms. The van der Waals surface area contributed by atoms with Gasteiger partial charge in [0.25, 0.3) is 0 Å². The molecule has 0 spiro atoms. The molecule has 1 saturated heterocycles. The molecule has 1 aromatic carbocycles. The van der Waals surface area contributed by atoms with E-state index >= 15 is 0 Å². The van der Waals surface area contributed by atoms with Gasteiger partial charge in [-0.05, 0) is 52.3 Å². The average Bonchev–Trinajstić information content (AvgIpc) is 2.95. The van der Waals surface area contributed by atoms with Crippen molar-refractivity contribution in [1.82, 2.24) is 20.2 Å². The van der Waals surface area contributed by atoms with Gasteiger partial charge in [-0.1, -0.05) is 12.1 Å². The summed E-state index contributed by atoms with van der Waals surface area (Å²) < 4.78 is 2.22. The van der Waals surface area contributed by atoms with Crippen molar-refractivity contribution in [3.8, 4) is 0 Å². The van der Waals surface area contributed by atoms with Crippen molar-refractivity contribution in [2.24, 2.45) is 5.92 Å². The predicted molar refractivity (Wildman–Crippen MR) is 107 cm³/mol. The highest BCUT2D eigenvalue weighted by molar-refractivity contribution is 5.85. The summed E-state index contributed by atoms with van der Waals surface area (Å²) in [6, 6.07) is 8.35. The third-order valence-electron chi connectivity index (χ3n) is 4.55. The number of nitrogens with one attached hydrogen (secondary N) is 2. The highest BCUT2D eigenvalue weighted by Gasteiger charge is 2.25. The van der Waals surface area contributed by atoms with E-state index in [0.29, 0.717) is 6.04 Å². The van der Waals surface area contributed by atoms with Crippen LogP contribution in [0.3, 0.4) is 0 Å². The van der Waals surface area contributed by atoms with Gasteiger partial charge < -0.3 is 15.2 Å². The van der Waals surface area contributed by atoms with Crippen LogP contribution in [-0.2, 0) is 4.79 Å². The molecule has 0 radical (unpaired) electrons. The second kappa shape index (κ2) is 9.41. The second-order valence-corrected chi connectivity index (χ2v) is 6.70. The quantitative estimate of drug-likeness (QED) is 0.842.